The van der Waals surface area contributed by atoms with Crippen molar-refractivity contribution in [2.24, 2.45) is 11.8 Å². The number of aromatic nitrogens is 3. The molecule has 36 heavy (non-hydrogen) atoms. The molecule has 2 saturated heterocycles. The minimum Gasteiger partial charge on any atom is -0.436 e. The first-order valence-electron chi connectivity index (χ1n) is 13.9. The first-order valence-corrected chi connectivity index (χ1v) is 12.4. The Morgan fingerprint density at radius 3 is 2.75 bits per heavy atom. The Morgan fingerprint density at radius 1 is 1.14 bits per heavy atom. The first kappa shape index (κ1) is 18.5. The molecule has 7 rings (SSSR count). The average molecular weight is 488 g/mol. The second-order valence-electron chi connectivity index (χ2n) is 10.1. The van der Waals surface area contributed by atoms with Crippen molar-refractivity contribution in [3.63, 3.8) is 0 Å². The number of hydrogen-bond acceptors (Lipinski definition) is 8. The molecule has 2 bridgehead atoms. The number of benzene rings is 1. The van der Waals surface area contributed by atoms with E-state index in [4.69, 9.17) is 18.3 Å². The van der Waals surface area contributed by atoms with E-state index in [1.54, 1.807) is 12.3 Å². The first-order chi connectivity index (χ1) is 18.7. The Morgan fingerprint density at radius 2 is 1.97 bits per heavy atom. The highest BCUT2D eigenvalue weighted by atomic mass is 16.5. The molecule has 4 atom stereocenters. The summed E-state index contributed by atoms with van der Waals surface area (Å²) in [6, 6.07) is 8.50. The third kappa shape index (κ3) is 3.49. The molecule has 0 radical (unpaired) electrons. The van der Waals surface area contributed by atoms with Gasteiger partial charge < -0.3 is 24.7 Å². The molecular weight excluding hydrogens is 456 g/mol. The standard InChI is InChI=1S/C27H28N6O3/c1-14-7-18(14)26(34)32-24-9-19-20(10-29-24)25(28-2)30-11-21(19)27-31-22-8-15(5-6-23(22)36-27)33-16-3-4-17(33)13-35-12-16/h5-6,8-11,14,16-18H,3-4,7,12-13H2,1-2H3,(H,28,30)(H,29,32,34)/i2D3. The number of carbonyl (C=O) groups excluding carboxylic acids is 1. The SMILES string of the molecule is [2H]C([2H])([2H])Nc1ncc(-c2nc3cc(N4C5CCC4COC5)ccc3o2)c2cc(NC(=O)C3CC3C)ncc12. The van der Waals surface area contributed by atoms with Gasteiger partial charge in [-0.3, -0.25) is 4.79 Å². The Bertz CT molecular complexity index is 1590. The van der Waals surface area contributed by atoms with E-state index in [2.05, 4.69) is 31.6 Å². The average Bonchev–Trinajstić information content (AvgIpc) is 3.39. The number of hydrogen-bond donors (Lipinski definition) is 2. The van der Waals surface area contributed by atoms with Crippen molar-refractivity contribution in [2.75, 3.05) is 35.7 Å². The molecule has 1 aromatic carbocycles. The Hall–Kier alpha value is -3.72. The summed E-state index contributed by atoms with van der Waals surface area (Å²) in [5, 5.41) is 6.46. The van der Waals surface area contributed by atoms with E-state index < -0.39 is 6.98 Å². The molecular formula is C27H28N6O3. The molecule has 1 aliphatic carbocycles. The monoisotopic (exact) mass is 487 g/mol. The molecule has 2 N–H and O–H groups in total. The number of nitrogens with zero attached hydrogens (tertiary/aromatic N) is 4. The van der Waals surface area contributed by atoms with Gasteiger partial charge in [0.1, 0.15) is 17.2 Å². The fourth-order valence-corrected chi connectivity index (χ4v) is 5.62. The van der Waals surface area contributed by atoms with Crippen molar-refractivity contribution in [3.05, 3.63) is 36.7 Å². The third-order valence-electron chi connectivity index (χ3n) is 7.73. The zero-order valence-corrected chi connectivity index (χ0v) is 19.8. The topological polar surface area (TPSA) is 105 Å². The van der Waals surface area contributed by atoms with E-state index >= 15 is 0 Å². The number of amides is 1. The highest BCUT2D eigenvalue weighted by Gasteiger charge is 2.39. The van der Waals surface area contributed by atoms with Crippen LogP contribution in [-0.4, -0.2) is 53.1 Å². The summed E-state index contributed by atoms with van der Waals surface area (Å²) < 4.78 is 34.8. The maximum atomic E-state index is 12.6. The van der Waals surface area contributed by atoms with Crippen LogP contribution in [0.2, 0.25) is 0 Å². The summed E-state index contributed by atoms with van der Waals surface area (Å²) in [4.78, 5) is 28.5. The summed E-state index contributed by atoms with van der Waals surface area (Å²) in [5.41, 5.74) is 3.03. The minimum absolute atomic E-state index is 0.0138. The number of rotatable bonds is 5. The van der Waals surface area contributed by atoms with Gasteiger partial charge in [0.05, 0.1) is 30.9 Å². The summed E-state index contributed by atoms with van der Waals surface area (Å²) >= 11 is 0. The highest BCUT2D eigenvalue weighted by molar-refractivity contribution is 6.03. The van der Waals surface area contributed by atoms with Gasteiger partial charge in [0.15, 0.2) is 5.58 Å². The highest BCUT2D eigenvalue weighted by Crippen LogP contribution is 2.40. The molecule has 1 saturated carbocycles. The van der Waals surface area contributed by atoms with Crippen LogP contribution in [0.15, 0.2) is 41.1 Å². The molecule has 4 aromatic rings. The molecule has 184 valence electrons. The van der Waals surface area contributed by atoms with Crippen LogP contribution >= 0.6 is 0 Å². The fourth-order valence-electron chi connectivity index (χ4n) is 5.62. The van der Waals surface area contributed by atoms with Crippen LogP contribution in [0.1, 0.15) is 30.3 Å². The van der Waals surface area contributed by atoms with Gasteiger partial charge in [0, 0.05) is 45.9 Å². The van der Waals surface area contributed by atoms with E-state index in [0.717, 1.165) is 43.7 Å². The number of morpholine rings is 1. The molecule has 0 spiro atoms. The zero-order chi connectivity index (χ0) is 26.9. The predicted molar refractivity (Wildman–Crippen MR) is 138 cm³/mol. The van der Waals surface area contributed by atoms with Crippen LogP contribution in [0.4, 0.5) is 17.3 Å². The number of anilines is 3. The maximum absolute atomic E-state index is 12.6. The number of nitrogens with one attached hydrogen (secondary N) is 2. The predicted octanol–water partition coefficient (Wildman–Crippen LogP) is 4.44. The lowest BCUT2D eigenvalue weighted by Gasteiger charge is -2.36. The van der Waals surface area contributed by atoms with Crippen molar-refractivity contribution in [2.45, 2.75) is 38.3 Å². The second-order valence-corrected chi connectivity index (χ2v) is 10.1. The van der Waals surface area contributed by atoms with Gasteiger partial charge in [-0.05, 0) is 49.4 Å². The van der Waals surface area contributed by atoms with Gasteiger partial charge in [-0.1, -0.05) is 6.92 Å². The number of ether oxygens (including phenoxy) is 1. The molecule has 1 amide bonds. The summed E-state index contributed by atoms with van der Waals surface area (Å²) in [6.07, 6.45) is 6.15. The molecule has 3 fully saturated rings. The van der Waals surface area contributed by atoms with Gasteiger partial charge in [-0.2, -0.15) is 0 Å². The molecule has 3 aliphatic rings. The van der Waals surface area contributed by atoms with Gasteiger partial charge in [-0.15, -0.1) is 0 Å². The van der Waals surface area contributed by atoms with Crippen LogP contribution in [0.5, 0.6) is 0 Å². The Labute approximate surface area is 212 Å². The number of fused-ring (bicyclic) bond motifs is 4. The number of carbonyl (C=O) groups is 1. The summed E-state index contributed by atoms with van der Waals surface area (Å²) in [5.74, 6) is 1.16. The van der Waals surface area contributed by atoms with E-state index in [-0.39, 0.29) is 17.6 Å². The molecule has 9 nitrogen and oxygen atoms in total. The van der Waals surface area contributed by atoms with Gasteiger partial charge in [-0.25, -0.2) is 15.0 Å². The van der Waals surface area contributed by atoms with Crippen molar-refractivity contribution < 1.29 is 18.1 Å². The van der Waals surface area contributed by atoms with E-state index in [1.807, 2.05) is 19.1 Å². The Balaban J connectivity index is 1.29. The van der Waals surface area contributed by atoms with Gasteiger partial charge in [0.25, 0.3) is 0 Å². The van der Waals surface area contributed by atoms with Crippen molar-refractivity contribution >= 4 is 45.1 Å². The van der Waals surface area contributed by atoms with Crippen LogP contribution in [0, 0.1) is 11.8 Å². The van der Waals surface area contributed by atoms with Crippen molar-refractivity contribution in [3.8, 4) is 11.5 Å². The van der Waals surface area contributed by atoms with Crippen LogP contribution in [0.3, 0.4) is 0 Å². The van der Waals surface area contributed by atoms with E-state index in [1.165, 1.54) is 6.20 Å². The quantitative estimate of drug-likeness (QED) is 0.426. The van der Waals surface area contributed by atoms with Crippen LogP contribution < -0.4 is 15.5 Å². The maximum Gasteiger partial charge on any atom is 0.229 e. The number of pyridine rings is 2. The zero-order valence-electron chi connectivity index (χ0n) is 22.8. The molecule has 2 aliphatic heterocycles. The molecule has 9 heteroatoms. The van der Waals surface area contributed by atoms with Crippen molar-refractivity contribution in [1.29, 1.82) is 0 Å². The third-order valence-corrected chi connectivity index (χ3v) is 7.73. The van der Waals surface area contributed by atoms with E-state index in [0.29, 0.717) is 51.6 Å². The fraction of sp³-hybridized carbons (Fsp3) is 0.407. The summed E-state index contributed by atoms with van der Waals surface area (Å²) in [6.45, 7) is 1.07. The summed E-state index contributed by atoms with van der Waals surface area (Å²) in [7, 11) is 0. The lowest BCUT2D eigenvalue weighted by molar-refractivity contribution is -0.117. The van der Waals surface area contributed by atoms with Crippen LogP contribution in [0.25, 0.3) is 33.3 Å². The molecule has 3 aromatic heterocycles. The molecule has 5 heterocycles. The lowest BCUT2D eigenvalue weighted by Crippen LogP contribution is -2.45. The smallest absolute Gasteiger partial charge is 0.229 e. The van der Waals surface area contributed by atoms with Crippen molar-refractivity contribution in [1.82, 2.24) is 15.0 Å². The largest absolute Gasteiger partial charge is 0.436 e. The Kier molecular flexibility index (Phi) is 4.20. The minimum atomic E-state index is -2.44. The number of oxazole rings is 1. The molecule has 4 unspecified atom stereocenters. The normalized spacial score (nSPS) is 26.5. The second kappa shape index (κ2) is 8.16. The van der Waals surface area contributed by atoms with Crippen LogP contribution in [-0.2, 0) is 9.53 Å². The lowest BCUT2D eigenvalue weighted by atomic mass is 10.1. The van der Waals surface area contributed by atoms with Gasteiger partial charge >= 0.3 is 0 Å². The van der Waals surface area contributed by atoms with E-state index in [9.17, 15) is 4.79 Å². The van der Waals surface area contributed by atoms with Gasteiger partial charge in [0.2, 0.25) is 11.8 Å².